The van der Waals surface area contributed by atoms with Gasteiger partial charge in [-0.1, -0.05) is 60.7 Å². The first-order valence-corrected chi connectivity index (χ1v) is 11.1. The number of para-hydroxylation sites is 1. The maximum absolute atomic E-state index is 11.9. The first-order chi connectivity index (χ1) is 16.3. The Kier molecular flexibility index (Phi) is 5.85. The summed E-state index contributed by atoms with van der Waals surface area (Å²) in [5.41, 5.74) is 5.51. The molecule has 33 heavy (non-hydrogen) atoms. The second-order valence-electron chi connectivity index (χ2n) is 8.16. The van der Waals surface area contributed by atoms with Crippen LogP contribution in [0.1, 0.15) is 28.3 Å². The van der Waals surface area contributed by atoms with E-state index in [4.69, 9.17) is 9.47 Å². The highest BCUT2D eigenvalue weighted by molar-refractivity contribution is 5.88. The van der Waals surface area contributed by atoms with Crippen molar-refractivity contribution >= 4 is 23.4 Å². The number of H-pyrrole nitrogens is 1. The lowest BCUT2D eigenvalue weighted by atomic mass is 9.91. The molecule has 0 spiro atoms. The van der Waals surface area contributed by atoms with Crippen LogP contribution in [0.15, 0.2) is 79.0 Å². The Morgan fingerprint density at radius 2 is 1.88 bits per heavy atom. The van der Waals surface area contributed by atoms with E-state index >= 15 is 0 Å². The number of hydrogen-bond acceptors (Lipinski definition) is 3. The van der Waals surface area contributed by atoms with E-state index in [1.807, 2.05) is 65.7 Å². The number of carbonyl (C=O) groups excluding carboxylic acids is 1. The van der Waals surface area contributed by atoms with Gasteiger partial charge in [0.15, 0.2) is 11.5 Å². The maximum Gasteiger partial charge on any atom is 0.210 e. The molecule has 0 saturated heterocycles. The number of fused-ring (bicyclic) bond motifs is 2. The molecule has 5 heteroatoms. The molecule has 1 aliphatic heterocycles. The van der Waals surface area contributed by atoms with Crippen molar-refractivity contribution < 1.29 is 14.3 Å². The van der Waals surface area contributed by atoms with Crippen molar-refractivity contribution in [3.63, 3.8) is 0 Å². The number of hydrogen-bond donors (Lipinski definition) is 1. The number of aromatic amines is 1. The summed E-state index contributed by atoms with van der Waals surface area (Å²) in [4.78, 5) is 17.0. The number of carbonyl (C=O) groups is 1. The Morgan fingerprint density at radius 1 is 1.06 bits per heavy atom. The largest absolute Gasteiger partial charge is 0.493 e. The standard InChI is InChI=1S/C28H26N2O3/c1-32-27-15-21-13-14-30(19-31)26(12-11-22-17-29-25-10-6-5-9-23(22)25)24(21)16-28(27)33-18-20-7-3-2-4-8-20/h2-12,15-17,19,26,29H,13-14,18H2,1H3/b12-11+/t26-/m0/s1. The van der Waals surface area contributed by atoms with Gasteiger partial charge in [0.2, 0.25) is 6.41 Å². The monoisotopic (exact) mass is 438 g/mol. The zero-order valence-corrected chi connectivity index (χ0v) is 18.5. The van der Waals surface area contributed by atoms with E-state index in [0.29, 0.717) is 24.7 Å². The van der Waals surface area contributed by atoms with Gasteiger partial charge in [-0.25, -0.2) is 0 Å². The summed E-state index contributed by atoms with van der Waals surface area (Å²) in [5, 5.41) is 1.16. The van der Waals surface area contributed by atoms with Crippen molar-refractivity contribution in [1.82, 2.24) is 9.88 Å². The van der Waals surface area contributed by atoms with E-state index in [9.17, 15) is 4.79 Å². The number of nitrogens with one attached hydrogen (secondary N) is 1. The number of amides is 1. The predicted molar refractivity (Wildman–Crippen MR) is 130 cm³/mol. The molecule has 1 atom stereocenters. The molecule has 0 bridgehead atoms. The third-order valence-electron chi connectivity index (χ3n) is 6.19. The van der Waals surface area contributed by atoms with Crippen LogP contribution in [0.2, 0.25) is 0 Å². The minimum Gasteiger partial charge on any atom is -0.493 e. The van der Waals surface area contributed by atoms with E-state index in [1.165, 1.54) is 5.56 Å². The summed E-state index contributed by atoms with van der Waals surface area (Å²) in [5.74, 6) is 1.39. The predicted octanol–water partition coefficient (Wildman–Crippen LogP) is 5.52. The van der Waals surface area contributed by atoms with Gasteiger partial charge in [-0.3, -0.25) is 4.79 Å². The summed E-state index contributed by atoms with van der Waals surface area (Å²) in [6.07, 6.45) is 7.89. The van der Waals surface area contributed by atoms with E-state index in [2.05, 4.69) is 29.3 Å². The minimum atomic E-state index is -0.176. The van der Waals surface area contributed by atoms with Crippen LogP contribution in [0, 0.1) is 0 Å². The highest BCUT2D eigenvalue weighted by Crippen LogP contribution is 2.39. The van der Waals surface area contributed by atoms with Crippen LogP contribution < -0.4 is 9.47 Å². The third-order valence-corrected chi connectivity index (χ3v) is 6.19. The van der Waals surface area contributed by atoms with E-state index in [-0.39, 0.29) is 6.04 Å². The van der Waals surface area contributed by atoms with Gasteiger partial charge in [0, 0.05) is 23.6 Å². The molecule has 0 unspecified atom stereocenters. The van der Waals surface area contributed by atoms with Crippen molar-refractivity contribution in [3.05, 3.63) is 101 Å². The fraction of sp³-hybridized carbons (Fsp3) is 0.179. The Hall–Kier alpha value is -3.99. The molecule has 1 amide bonds. The van der Waals surface area contributed by atoms with E-state index in [0.717, 1.165) is 40.4 Å². The zero-order chi connectivity index (χ0) is 22.6. The molecular formula is C28H26N2O3. The topological polar surface area (TPSA) is 54.6 Å². The van der Waals surface area contributed by atoms with Crippen LogP contribution >= 0.6 is 0 Å². The van der Waals surface area contributed by atoms with Crippen molar-refractivity contribution in [3.8, 4) is 11.5 Å². The first kappa shape index (κ1) is 20.9. The van der Waals surface area contributed by atoms with Crippen molar-refractivity contribution in [1.29, 1.82) is 0 Å². The Balaban J connectivity index is 1.49. The normalized spacial score (nSPS) is 15.5. The number of benzene rings is 3. The molecule has 166 valence electrons. The van der Waals surface area contributed by atoms with Gasteiger partial charge in [-0.15, -0.1) is 0 Å². The molecule has 0 fully saturated rings. The van der Waals surface area contributed by atoms with Gasteiger partial charge in [0.25, 0.3) is 0 Å². The van der Waals surface area contributed by atoms with Gasteiger partial charge in [-0.2, -0.15) is 0 Å². The average molecular weight is 439 g/mol. The lowest BCUT2D eigenvalue weighted by molar-refractivity contribution is -0.119. The number of rotatable bonds is 7. The van der Waals surface area contributed by atoms with E-state index in [1.54, 1.807) is 7.11 Å². The van der Waals surface area contributed by atoms with Crippen LogP contribution in [0.5, 0.6) is 11.5 Å². The van der Waals surface area contributed by atoms with Crippen LogP contribution in [0.25, 0.3) is 17.0 Å². The zero-order valence-electron chi connectivity index (χ0n) is 18.5. The first-order valence-electron chi connectivity index (χ1n) is 11.1. The molecule has 5 nitrogen and oxygen atoms in total. The van der Waals surface area contributed by atoms with Gasteiger partial charge in [0.1, 0.15) is 6.61 Å². The van der Waals surface area contributed by atoms with Crippen LogP contribution in [0.3, 0.4) is 0 Å². The molecule has 5 rings (SSSR count). The van der Waals surface area contributed by atoms with Gasteiger partial charge in [-0.05, 0) is 46.9 Å². The average Bonchev–Trinajstić information content (AvgIpc) is 3.29. The van der Waals surface area contributed by atoms with Crippen LogP contribution in [0.4, 0.5) is 0 Å². The highest BCUT2D eigenvalue weighted by atomic mass is 16.5. The second kappa shape index (κ2) is 9.25. The smallest absolute Gasteiger partial charge is 0.210 e. The fourth-order valence-electron chi connectivity index (χ4n) is 4.44. The van der Waals surface area contributed by atoms with Crippen LogP contribution in [-0.4, -0.2) is 29.9 Å². The quantitative estimate of drug-likeness (QED) is 0.386. The van der Waals surface area contributed by atoms with E-state index < -0.39 is 0 Å². The molecule has 1 aromatic heterocycles. The number of nitrogens with zero attached hydrogens (tertiary/aromatic N) is 1. The highest BCUT2D eigenvalue weighted by Gasteiger charge is 2.26. The second-order valence-corrected chi connectivity index (χ2v) is 8.16. The molecule has 4 aromatic rings. The number of methoxy groups -OCH3 is 1. The van der Waals surface area contributed by atoms with Gasteiger partial charge >= 0.3 is 0 Å². The fourth-order valence-corrected chi connectivity index (χ4v) is 4.44. The van der Waals surface area contributed by atoms with Crippen LogP contribution in [-0.2, 0) is 17.8 Å². The van der Waals surface area contributed by atoms with Crippen molar-refractivity contribution in [2.24, 2.45) is 0 Å². The molecule has 0 saturated carbocycles. The summed E-state index contributed by atoms with van der Waals surface area (Å²) >= 11 is 0. The lowest BCUT2D eigenvalue weighted by Gasteiger charge is -2.33. The van der Waals surface area contributed by atoms with Gasteiger partial charge in [0.05, 0.1) is 13.2 Å². The van der Waals surface area contributed by atoms with Crippen molar-refractivity contribution in [2.45, 2.75) is 19.1 Å². The SMILES string of the molecule is COc1cc2c(cc1OCc1ccccc1)[C@H](/C=C/c1c[nH]c3ccccc13)N(C=O)CC2. The molecule has 0 aliphatic carbocycles. The molecular weight excluding hydrogens is 412 g/mol. The Morgan fingerprint density at radius 3 is 2.70 bits per heavy atom. The third kappa shape index (κ3) is 4.22. The minimum absolute atomic E-state index is 0.176. The summed E-state index contributed by atoms with van der Waals surface area (Å²) in [6.45, 7) is 1.11. The molecule has 1 N–H and O–H groups in total. The Labute approximate surface area is 193 Å². The summed E-state index contributed by atoms with van der Waals surface area (Å²) in [6, 6.07) is 22.1. The van der Waals surface area contributed by atoms with Crippen molar-refractivity contribution in [2.75, 3.05) is 13.7 Å². The molecule has 3 aromatic carbocycles. The maximum atomic E-state index is 11.9. The molecule has 2 heterocycles. The summed E-state index contributed by atoms with van der Waals surface area (Å²) < 4.78 is 11.8. The Bertz CT molecular complexity index is 1290. The molecule has 0 radical (unpaired) electrons. The summed E-state index contributed by atoms with van der Waals surface area (Å²) in [7, 11) is 1.66. The number of ether oxygens (including phenoxy) is 2. The lowest BCUT2D eigenvalue weighted by Crippen LogP contribution is -2.33. The van der Waals surface area contributed by atoms with Gasteiger partial charge < -0.3 is 19.4 Å². The number of aromatic nitrogens is 1. The molecule has 1 aliphatic rings.